The highest BCUT2D eigenvalue weighted by Crippen LogP contribution is 2.22. The van der Waals surface area contributed by atoms with Gasteiger partial charge >= 0.3 is 5.97 Å². The molecule has 1 atom stereocenters. The van der Waals surface area contributed by atoms with Crippen LogP contribution in [-0.2, 0) is 0 Å². The highest BCUT2D eigenvalue weighted by atomic mass is 16.5. The normalized spacial score (nSPS) is 12.0. The van der Waals surface area contributed by atoms with E-state index in [1.807, 2.05) is 20.8 Å². The summed E-state index contributed by atoms with van der Waals surface area (Å²) in [7, 11) is 0. The number of benzene rings is 1. The minimum Gasteiger partial charge on any atom is -0.478 e. The summed E-state index contributed by atoms with van der Waals surface area (Å²) in [5.74, 6) is -0.552. The van der Waals surface area contributed by atoms with Crippen LogP contribution in [0.15, 0.2) is 22.7 Å². The van der Waals surface area contributed by atoms with Gasteiger partial charge in [-0.1, -0.05) is 12.1 Å². The summed E-state index contributed by atoms with van der Waals surface area (Å²) in [6.07, 6.45) is 0. The number of carboxylic acid groups (broad SMARTS) is 1. The van der Waals surface area contributed by atoms with Gasteiger partial charge < -0.3 is 14.9 Å². The first-order chi connectivity index (χ1) is 10.8. The first-order valence-electron chi connectivity index (χ1n) is 7.35. The fraction of sp³-hybridized carbons (Fsp3) is 0.353. The van der Waals surface area contributed by atoms with E-state index in [0.29, 0.717) is 12.1 Å². The van der Waals surface area contributed by atoms with E-state index >= 15 is 0 Å². The number of amides is 1. The molecule has 0 aliphatic heterocycles. The summed E-state index contributed by atoms with van der Waals surface area (Å²) in [4.78, 5) is 23.3. The van der Waals surface area contributed by atoms with Crippen LogP contribution in [0.5, 0.6) is 0 Å². The van der Waals surface area contributed by atoms with Crippen molar-refractivity contribution in [3.63, 3.8) is 0 Å². The Kier molecular flexibility index (Phi) is 4.83. The summed E-state index contributed by atoms with van der Waals surface area (Å²) in [5, 5.41) is 15.8. The van der Waals surface area contributed by atoms with E-state index in [0.717, 1.165) is 22.6 Å². The highest BCUT2D eigenvalue weighted by molar-refractivity contribution is 5.97. The summed E-state index contributed by atoms with van der Waals surface area (Å²) in [6.45, 7) is 7.86. The predicted molar refractivity (Wildman–Crippen MR) is 84.9 cm³/mol. The van der Waals surface area contributed by atoms with E-state index in [4.69, 9.17) is 9.63 Å². The number of carboxylic acids is 1. The van der Waals surface area contributed by atoms with Gasteiger partial charge in [0.25, 0.3) is 5.91 Å². The molecule has 1 unspecified atom stereocenters. The van der Waals surface area contributed by atoms with Gasteiger partial charge in [-0.15, -0.1) is 0 Å². The molecule has 2 aromatic rings. The van der Waals surface area contributed by atoms with Gasteiger partial charge in [0.05, 0.1) is 11.3 Å². The lowest BCUT2D eigenvalue weighted by Crippen LogP contribution is -2.28. The fourth-order valence-corrected chi connectivity index (χ4v) is 2.68. The van der Waals surface area contributed by atoms with Gasteiger partial charge in [-0.25, -0.2) is 4.79 Å². The largest absolute Gasteiger partial charge is 0.478 e. The smallest absolute Gasteiger partial charge is 0.335 e. The van der Waals surface area contributed by atoms with Crippen LogP contribution in [0.3, 0.4) is 0 Å². The number of aromatic carboxylic acids is 1. The van der Waals surface area contributed by atoms with Gasteiger partial charge in [-0.2, -0.15) is 0 Å². The predicted octanol–water partition coefficient (Wildman–Crippen LogP) is 2.83. The fourth-order valence-electron chi connectivity index (χ4n) is 2.68. The zero-order valence-corrected chi connectivity index (χ0v) is 13.6. The SMILES string of the molecule is Cc1cc(C(=O)O)cc(C(=O)NCC(C)c2c(C)noc2C)c1. The van der Waals surface area contributed by atoms with Crippen LogP contribution in [0.25, 0.3) is 0 Å². The molecule has 0 bridgehead atoms. The topological polar surface area (TPSA) is 92.4 Å². The van der Waals surface area contributed by atoms with Crippen LogP contribution in [0.1, 0.15) is 56.1 Å². The van der Waals surface area contributed by atoms with Crippen molar-refractivity contribution >= 4 is 11.9 Å². The molecule has 2 rings (SSSR count). The Bertz CT molecular complexity index is 730. The van der Waals surface area contributed by atoms with Crippen molar-refractivity contribution < 1.29 is 19.2 Å². The lowest BCUT2D eigenvalue weighted by atomic mass is 9.99. The van der Waals surface area contributed by atoms with E-state index in [1.165, 1.54) is 12.1 Å². The van der Waals surface area contributed by atoms with E-state index in [9.17, 15) is 9.59 Å². The molecule has 0 saturated heterocycles. The second-order valence-corrected chi connectivity index (χ2v) is 5.74. The molecule has 0 aliphatic rings. The van der Waals surface area contributed by atoms with Crippen molar-refractivity contribution in [2.75, 3.05) is 6.54 Å². The number of carbonyl (C=O) groups is 2. The van der Waals surface area contributed by atoms with E-state index in [1.54, 1.807) is 13.0 Å². The molecular formula is C17H20N2O4. The maximum absolute atomic E-state index is 12.3. The molecule has 1 amide bonds. The Morgan fingerprint density at radius 2 is 1.87 bits per heavy atom. The molecule has 1 aromatic carbocycles. The molecule has 0 fully saturated rings. The van der Waals surface area contributed by atoms with Gasteiger partial charge in [-0.05, 0) is 44.5 Å². The molecule has 0 saturated carbocycles. The molecule has 0 aliphatic carbocycles. The van der Waals surface area contributed by atoms with E-state index in [2.05, 4.69) is 10.5 Å². The lowest BCUT2D eigenvalue weighted by Gasteiger charge is -2.13. The van der Waals surface area contributed by atoms with Crippen LogP contribution in [0.4, 0.5) is 0 Å². The molecule has 6 heteroatoms. The van der Waals surface area contributed by atoms with Crippen molar-refractivity contribution in [3.05, 3.63) is 51.9 Å². The number of aromatic nitrogens is 1. The summed E-state index contributed by atoms with van der Waals surface area (Å²) in [6, 6.07) is 4.58. The Hall–Kier alpha value is -2.63. The second kappa shape index (κ2) is 6.64. The summed E-state index contributed by atoms with van der Waals surface area (Å²) < 4.78 is 5.14. The third-order valence-electron chi connectivity index (χ3n) is 3.74. The van der Waals surface area contributed by atoms with Crippen molar-refractivity contribution in [1.29, 1.82) is 0 Å². The molecule has 0 spiro atoms. The second-order valence-electron chi connectivity index (χ2n) is 5.74. The van der Waals surface area contributed by atoms with Crippen molar-refractivity contribution in [2.24, 2.45) is 0 Å². The third-order valence-corrected chi connectivity index (χ3v) is 3.74. The molecule has 2 N–H and O–H groups in total. The molecule has 23 heavy (non-hydrogen) atoms. The van der Waals surface area contributed by atoms with E-state index in [-0.39, 0.29) is 17.4 Å². The Morgan fingerprint density at radius 3 is 2.43 bits per heavy atom. The number of nitrogens with zero attached hydrogens (tertiary/aromatic N) is 1. The van der Waals surface area contributed by atoms with Crippen LogP contribution < -0.4 is 5.32 Å². The van der Waals surface area contributed by atoms with Gasteiger partial charge in [0.2, 0.25) is 0 Å². The minimum absolute atomic E-state index is 0.0500. The maximum Gasteiger partial charge on any atom is 0.335 e. The third kappa shape index (κ3) is 3.77. The quantitative estimate of drug-likeness (QED) is 0.885. The van der Waals surface area contributed by atoms with Gasteiger partial charge in [0, 0.05) is 23.6 Å². The van der Waals surface area contributed by atoms with Crippen LogP contribution in [0, 0.1) is 20.8 Å². The maximum atomic E-state index is 12.3. The highest BCUT2D eigenvalue weighted by Gasteiger charge is 2.18. The van der Waals surface area contributed by atoms with Crippen molar-refractivity contribution in [1.82, 2.24) is 10.5 Å². The summed E-state index contributed by atoms with van der Waals surface area (Å²) in [5.41, 5.74) is 2.98. The molecule has 0 radical (unpaired) electrons. The molecule has 122 valence electrons. The van der Waals surface area contributed by atoms with Crippen LogP contribution in [0.2, 0.25) is 0 Å². The average Bonchev–Trinajstić information content (AvgIpc) is 2.82. The van der Waals surface area contributed by atoms with Crippen LogP contribution in [-0.4, -0.2) is 28.7 Å². The van der Waals surface area contributed by atoms with Gasteiger partial charge in [0.1, 0.15) is 5.76 Å². The van der Waals surface area contributed by atoms with E-state index < -0.39 is 5.97 Å². The van der Waals surface area contributed by atoms with Crippen molar-refractivity contribution in [3.8, 4) is 0 Å². The first kappa shape index (κ1) is 16.7. The molecule has 6 nitrogen and oxygen atoms in total. The summed E-state index contributed by atoms with van der Waals surface area (Å²) >= 11 is 0. The Balaban J connectivity index is 2.09. The first-order valence-corrected chi connectivity index (χ1v) is 7.35. The molecular weight excluding hydrogens is 296 g/mol. The minimum atomic E-state index is -1.05. The van der Waals surface area contributed by atoms with Gasteiger partial charge in [0.15, 0.2) is 0 Å². The van der Waals surface area contributed by atoms with Crippen LogP contribution >= 0.6 is 0 Å². The molecule has 1 aromatic heterocycles. The monoisotopic (exact) mass is 316 g/mol. The standard InChI is InChI=1S/C17H20N2O4/c1-9-5-13(7-14(6-9)17(21)22)16(20)18-8-10(2)15-11(3)19-23-12(15)4/h5-7,10H,8H2,1-4H3,(H,18,20)(H,21,22). The van der Waals surface area contributed by atoms with Gasteiger partial charge in [-0.3, -0.25) is 4.79 Å². The zero-order chi connectivity index (χ0) is 17.1. The number of hydrogen-bond donors (Lipinski definition) is 2. The Labute approximate surface area is 134 Å². The number of hydrogen-bond acceptors (Lipinski definition) is 4. The number of rotatable bonds is 5. The Morgan fingerprint density at radius 1 is 1.22 bits per heavy atom. The number of nitrogens with one attached hydrogen (secondary N) is 1. The zero-order valence-electron chi connectivity index (χ0n) is 13.6. The lowest BCUT2D eigenvalue weighted by molar-refractivity contribution is 0.0696. The van der Waals surface area contributed by atoms with Crippen molar-refractivity contribution in [2.45, 2.75) is 33.6 Å². The average molecular weight is 316 g/mol. The molecule has 1 heterocycles. The number of aryl methyl sites for hydroxylation is 3. The number of carbonyl (C=O) groups excluding carboxylic acids is 1.